The third kappa shape index (κ3) is 5.11. The van der Waals surface area contributed by atoms with Crippen LogP contribution in [0, 0.1) is 0 Å². The molecule has 1 fully saturated rings. The number of benzene rings is 2. The quantitative estimate of drug-likeness (QED) is 0.542. The standard InChI is InChI=1S/C23H22ClN3OS/c24-20-8-11-22(25-16-20)26-12-14-27(15-13-26)23(28)19-6-9-21(10-7-19)29-17-18-4-2-1-3-5-18/h1-11,16H,12-15,17H2. The van der Waals surface area contributed by atoms with E-state index >= 15 is 0 Å². The number of nitrogens with zero attached hydrogens (tertiary/aromatic N) is 3. The van der Waals surface area contributed by atoms with Crippen molar-refractivity contribution in [3.05, 3.63) is 89.1 Å². The lowest BCUT2D eigenvalue weighted by atomic mass is 10.2. The number of rotatable bonds is 5. The first kappa shape index (κ1) is 19.8. The molecule has 0 unspecified atom stereocenters. The van der Waals surface area contributed by atoms with E-state index in [-0.39, 0.29) is 5.91 Å². The van der Waals surface area contributed by atoms with E-state index < -0.39 is 0 Å². The first-order valence-electron chi connectivity index (χ1n) is 9.61. The largest absolute Gasteiger partial charge is 0.353 e. The van der Waals surface area contributed by atoms with E-state index in [1.165, 1.54) is 10.5 Å². The third-order valence-corrected chi connectivity index (χ3v) is 6.26. The minimum absolute atomic E-state index is 0.0910. The summed E-state index contributed by atoms with van der Waals surface area (Å²) in [6.07, 6.45) is 1.66. The Bertz CT molecular complexity index is 940. The van der Waals surface area contributed by atoms with Crippen LogP contribution in [0.3, 0.4) is 0 Å². The zero-order chi connectivity index (χ0) is 20.1. The fraction of sp³-hybridized carbons (Fsp3) is 0.217. The molecule has 1 aliphatic rings. The Morgan fingerprint density at radius 3 is 2.31 bits per heavy atom. The van der Waals surface area contributed by atoms with Gasteiger partial charge in [-0.25, -0.2) is 4.98 Å². The zero-order valence-corrected chi connectivity index (χ0v) is 17.6. The van der Waals surface area contributed by atoms with Crippen molar-refractivity contribution in [1.29, 1.82) is 0 Å². The van der Waals surface area contributed by atoms with Crippen molar-refractivity contribution in [2.45, 2.75) is 10.6 Å². The first-order valence-corrected chi connectivity index (χ1v) is 11.0. The Morgan fingerprint density at radius 1 is 0.931 bits per heavy atom. The molecule has 1 saturated heterocycles. The number of anilines is 1. The number of hydrogen-bond donors (Lipinski definition) is 0. The number of piperazine rings is 1. The number of hydrogen-bond acceptors (Lipinski definition) is 4. The van der Waals surface area contributed by atoms with Gasteiger partial charge in [-0.3, -0.25) is 4.79 Å². The van der Waals surface area contributed by atoms with Crippen molar-refractivity contribution in [1.82, 2.24) is 9.88 Å². The topological polar surface area (TPSA) is 36.4 Å². The summed E-state index contributed by atoms with van der Waals surface area (Å²) in [5.41, 5.74) is 2.04. The van der Waals surface area contributed by atoms with Crippen LogP contribution < -0.4 is 4.90 Å². The van der Waals surface area contributed by atoms with E-state index in [9.17, 15) is 4.79 Å². The number of amides is 1. The fourth-order valence-electron chi connectivity index (χ4n) is 3.31. The van der Waals surface area contributed by atoms with Gasteiger partial charge < -0.3 is 9.80 Å². The van der Waals surface area contributed by atoms with Gasteiger partial charge in [0.1, 0.15) is 5.82 Å². The van der Waals surface area contributed by atoms with Crippen molar-refractivity contribution < 1.29 is 4.79 Å². The van der Waals surface area contributed by atoms with Gasteiger partial charge in [0, 0.05) is 48.6 Å². The van der Waals surface area contributed by atoms with E-state index in [1.807, 2.05) is 47.4 Å². The average Bonchev–Trinajstić information content (AvgIpc) is 2.79. The molecule has 0 radical (unpaired) electrons. The predicted molar refractivity (Wildman–Crippen MR) is 120 cm³/mol. The molecule has 0 bridgehead atoms. The Balaban J connectivity index is 1.31. The molecule has 1 aliphatic heterocycles. The minimum Gasteiger partial charge on any atom is -0.353 e. The highest BCUT2D eigenvalue weighted by Gasteiger charge is 2.22. The van der Waals surface area contributed by atoms with Crippen molar-refractivity contribution in [3.8, 4) is 0 Å². The average molecular weight is 424 g/mol. The van der Waals surface area contributed by atoms with Crippen LogP contribution in [-0.4, -0.2) is 42.0 Å². The normalized spacial score (nSPS) is 14.1. The smallest absolute Gasteiger partial charge is 0.253 e. The molecular formula is C23H22ClN3OS. The van der Waals surface area contributed by atoms with Gasteiger partial charge >= 0.3 is 0 Å². The molecule has 0 atom stereocenters. The van der Waals surface area contributed by atoms with Gasteiger partial charge in [-0.15, -0.1) is 11.8 Å². The summed E-state index contributed by atoms with van der Waals surface area (Å²) in [5.74, 6) is 1.92. The molecule has 0 N–H and O–H groups in total. The summed E-state index contributed by atoms with van der Waals surface area (Å²) in [5, 5.41) is 0.632. The number of pyridine rings is 1. The summed E-state index contributed by atoms with van der Waals surface area (Å²) < 4.78 is 0. The molecule has 0 saturated carbocycles. The maximum absolute atomic E-state index is 12.8. The van der Waals surface area contributed by atoms with Crippen LogP contribution >= 0.6 is 23.4 Å². The number of carbonyl (C=O) groups is 1. The molecule has 1 aromatic heterocycles. The highest BCUT2D eigenvalue weighted by Crippen LogP contribution is 2.24. The van der Waals surface area contributed by atoms with Crippen LogP contribution in [0.2, 0.25) is 5.02 Å². The van der Waals surface area contributed by atoms with Gasteiger partial charge in [0.2, 0.25) is 0 Å². The number of aromatic nitrogens is 1. The molecule has 0 spiro atoms. The Hall–Kier alpha value is -2.50. The number of halogens is 1. The number of thioether (sulfide) groups is 1. The molecule has 148 valence electrons. The van der Waals surface area contributed by atoms with Crippen molar-refractivity contribution in [2.24, 2.45) is 0 Å². The molecule has 3 aromatic rings. The molecule has 1 amide bonds. The minimum atomic E-state index is 0.0910. The summed E-state index contributed by atoms with van der Waals surface area (Å²) in [4.78, 5) is 22.5. The van der Waals surface area contributed by atoms with E-state index in [0.717, 1.165) is 30.2 Å². The third-order valence-electron chi connectivity index (χ3n) is 4.95. The van der Waals surface area contributed by atoms with Crippen LogP contribution in [0.25, 0.3) is 0 Å². The molecule has 29 heavy (non-hydrogen) atoms. The van der Waals surface area contributed by atoms with E-state index in [0.29, 0.717) is 18.1 Å². The van der Waals surface area contributed by atoms with Gasteiger partial charge in [-0.05, 0) is 42.0 Å². The molecule has 4 nitrogen and oxygen atoms in total. The lowest BCUT2D eigenvalue weighted by molar-refractivity contribution is 0.0746. The van der Waals surface area contributed by atoms with Crippen molar-refractivity contribution >= 4 is 35.1 Å². The van der Waals surface area contributed by atoms with Gasteiger partial charge in [-0.1, -0.05) is 41.9 Å². The first-order chi connectivity index (χ1) is 14.2. The van der Waals surface area contributed by atoms with Crippen LogP contribution in [0.1, 0.15) is 15.9 Å². The molecule has 0 aliphatic carbocycles. The summed E-state index contributed by atoms with van der Waals surface area (Å²) in [6, 6.07) is 22.1. The summed E-state index contributed by atoms with van der Waals surface area (Å²) in [6.45, 7) is 2.91. The highest BCUT2D eigenvalue weighted by atomic mass is 35.5. The molecular weight excluding hydrogens is 402 g/mol. The lowest BCUT2D eigenvalue weighted by Crippen LogP contribution is -2.49. The van der Waals surface area contributed by atoms with E-state index in [4.69, 9.17) is 11.6 Å². The Labute approximate surface area is 180 Å². The maximum atomic E-state index is 12.8. The zero-order valence-electron chi connectivity index (χ0n) is 16.0. The second-order valence-corrected chi connectivity index (χ2v) is 8.40. The van der Waals surface area contributed by atoms with Crippen molar-refractivity contribution in [2.75, 3.05) is 31.1 Å². The van der Waals surface area contributed by atoms with Gasteiger partial charge in [-0.2, -0.15) is 0 Å². The Kier molecular flexibility index (Phi) is 6.37. The molecule has 6 heteroatoms. The van der Waals surface area contributed by atoms with Crippen molar-refractivity contribution in [3.63, 3.8) is 0 Å². The van der Waals surface area contributed by atoms with Crippen LogP contribution in [-0.2, 0) is 5.75 Å². The monoisotopic (exact) mass is 423 g/mol. The van der Waals surface area contributed by atoms with Crippen LogP contribution in [0.4, 0.5) is 5.82 Å². The second-order valence-electron chi connectivity index (χ2n) is 6.91. The number of carbonyl (C=O) groups excluding carboxylic acids is 1. The summed E-state index contributed by atoms with van der Waals surface area (Å²) in [7, 11) is 0. The lowest BCUT2D eigenvalue weighted by Gasteiger charge is -2.35. The van der Waals surface area contributed by atoms with Gasteiger partial charge in [0.15, 0.2) is 0 Å². The highest BCUT2D eigenvalue weighted by molar-refractivity contribution is 7.98. The molecule has 2 aromatic carbocycles. The van der Waals surface area contributed by atoms with Crippen LogP contribution in [0.5, 0.6) is 0 Å². The van der Waals surface area contributed by atoms with E-state index in [1.54, 1.807) is 18.0 Å². The SMILES string of the molecule is O=C(c1ccc(SCc2ccccc2)cc1)N1CCN(c2ccc(Cl)cn2)CC1. The molecule has 4 rings (SSSR count). The van der Waals surface area contributed by atoms with E-state index in [2.05, 4.69) is 34.1 Å². The fourth-order valence-corrected chi connectivity index (χ4v) is 4.28. The Morgan fingerprint density at radius 2 is 1.66 bits per heavy atom. The van der Waals surface area contributed by atoms with Crippen LogP contribution in [0.15, 0.2) is 77.8 Å². The van der Waals surface area contributed by atoms with Gasteiger partial charge in [0.05, 0.1) is 5.02 Å². The predicted octanol–water partition coefficient (Wildman–Crippen LogP) is 4.99. The second kappa shape index (κ2) is 9.33. The van der Waals surface area contributed by atoms with Gasteiger partial charge in [0.25, 0.3) is 5.91 Å². The maximum Gasteiger partial charge on any atom is 0.253 e. The summed E-state index contributed by atoms with van der Waals surface area (Å²) >= 11 is 7.69. The molecule has 2 heterocycles.